The molecule has 1 heterocycles. The van der Waals surface area contributed by atoms with Gasteiger partial charge in [0.2, 0.25) is 10.0 Å². The summed E-state index contributed by atoms with van der Waals surface area (Å²) in [5.74, 6) is 0.190. The van der Waals surface area contributed by atoms with Gasteiger partial charge in [-0.05, 0) is 49.1 Å². The molecule has 8 heteroatoms. The normalized spacial score (nSPS) is 21.4. The van der Waals surface area contributed by atoms with Gasteiger partial charge < -0.3 is 9.84 Å². The second-order valence-corrected chi connectivity index (χ2v) is 8.15. The fourth-order valence-corrected chi connectivity index (χ4v) is 4.66. The zero-order valence-corrected chi connectivity index (χ0v) is 15.2. The van der Waals surface area contributed by atoms with E-state index in [0.29, 0.717) is 23.6 Å². The van der Waals surface area contributed by atoms with Crippen LogP contribution in [-0.2, 0) is 10.0 Å². The summed E-state index contributed by atoms with van der Waals surface area (Å²) >= 11 is 5.96. The van der Waals surface area contributed by atoms with E-state index in [1.54, 1.807) is 30.5 Å². The van der Waals surface area contributed by atoms with Gasteiger partial charge in [0.1, 0.15) is 10.6 Å². The summed E-state index contributed by atoms with van der Waals surface area (Å²) in [5.41, 5.74) is 0.615. The van der Waals surface area contributed by atoms with Gasteiger partial charge in [-0.15, -0.1) is 0 Å². The number of aliphatic hydroxyl groups excluding tert-OH is 1. The lowest BCUT2D eigenvalue weighted by atomic mass is 9.76. The zero-order chi connectivity index (χ0) is 18.0. The Morgan fingerprint density at radius 1 is 1.32 bits per heavy atom. The molecule has 1 aromatic carbocycles. The molecule has 0 aliphatic heterocycles. The number of halogens is 1. The predicted octanol–water partition coefficient (Wildman–Crippen LogP) is 2.53. The van der Waals surface area contributed by atoms with Gasteiger partial charge >= 0.3 is 0 Å². The molecular formula is C17H19ClN2O4S. The zero-order valence-electron chi connectivity index (χ0n) is 13.6. The molecule has 1 aliphatic carbocycles. The highest BCUT2D eigenvalue weighted by Gasteiger charge is 2.38. The van der Waals surface area contributed by atoms with Gasteiger partial charge in [0.25, 0.3) is 0 Å². The van der Waals surface area contributed by atoms with Crippen LogP contribution in [0.25, 0.3) is 0 Å². The maximum absolute atomic E-state index is 12.9. The Kier molecular flexibility index (Phi) is 5.29. The molecular weight excluding hydrogens is 364 g/mol. The Morgan fingerprint density at radius 3 is 2.68 bits per heavy atom. The molecule has 25 heavy (non-hydrogen) atoms. The van der Waals surface area contributed by atoms with E-state index in [1.807, 2.05) is 0 Å². The third-order valence-electron chi connectivity index (χ3n) is 4.32. The number of hydrogen-bond donors (Lipinski definition) is 2. The molecule has 1 fully saturated rings. The van der Waals surface area contributed by atoms with E-state index >= 15 is 0 Å². The number of benzene rings is 1. The molecule has 2 N–H and O–H groups in total. The maximum atomic E-state index is 12.9. The minimum Gasteiger partial charge on any atom is -0.495 e. The van der Waals surface area contributed by atoms with Crippen molar-refractivity contribution in [3.8, 4) is 5.75 Å². The van der Waals surface area contributed by atoms with Gasteiger partial charge in [0, 0.05) is 11.2 Å². The van der Waals surface area contributed by atoms with Crippen molar-refractivity contribution < 1.29 is 18.3 Å². The monoisotopic (exact) mass is 382 g/mol. The van der Waals surface area contributed by atoms with Crippen LogP contribution in [0.3, 0.4) is 0 Å². The number of nitrogens with zero attached hydrogens (tertiary/aromatic N) is 1. The molecule has 0 saturated heterocycles. The summed E-state index contributed by atoms with van der Waals surface area (Å²) < 4.78 is 33.7. The van der Waals surface area contributed by atoms with Crippen molar-refractivity contribution in [3.63, 3.8) is 0 Å². The molecule has 0 amide bonds. The maximum Gasteiger partial charge on any atom is 0.244 e. The smallest absolute Gasteiger partial charge is 0.244 e. The predicted molar refractivity (Wildman–Crippen MR) is 94.0 cm³/mol. The van der Waals surface area contributed by atoms with Crippen LogP contribution >= 0.6 is 11.6 Å². The number of hydrogen-bond acceptors (Lipinski definition) is 5. The number of ether oxygens (including phenoxy) is 1. The lowest BCUT2D eigenvalue weighted by molar-refractivity contribution is 0.0273. The summed E-state index contributed by atoms with van der Waals surface area (Å²) in [6, 6.07) is 9.25. The number of pyridine rings is 1. The highest BCUT2D eigenvalue weighted by molar-refractivity contribution is 7.89. The minimum absolute atomic E-state index is 0.0233. The standard InChI is InChI=1S/C17H19ClN2O4S/c1-24-15-6-5-12(18)10-16(15)25(22,23)20-17(11-8-13(21)9-11)14-4-2-3-7-19-14/h2-7,10-11,13,17,20-21H,8-9H2,1H3. The topological polar surface area (TPSA) is 88.5 Å². The van der Waals surface area contributed by atoms with Crippen LogP contribution in [0.4, 0.5) is 0 Å². The summed E-state index contributed by atoms with van der Waals surface area (Å²) in [6.45, 7) is 0. The Balaban J connectivity index is 1.95. The van der Waals surface area contributed by atoms with Crippen molar-refractivity contribution in [2.24, 2.45) is 5.92 Å². The highest BCUT2D eigenvalue weighted by Crippen LogP contribution is 2.39. The van der Waals surface area contributed by atoms with Crippen molar-refractivity contribution in [2.45, 2.75) is 29.9 Å². The molecule has 134 valence electrons. The Morgan fingerprint density at radius 2 is 2.08 bits per heavy atom. The van der Waals surface area contributed by atoms with Crippen LogP contribution in [0.2, 0.25) is 5.02 Å². The van der Waals surface area contributed by atoms with E-state index in [-0.39, 0.29) is 16.6 Å². The third-order valence-corrected chi connectivity index (χ3v) is 6.02. The van der Waals surface area contributed by atoms with E-state index in [0.717, 1.165) is 0 Å². The van der Waals surface area contributed by atoms with Crippen molar-refractivity contribution in [3.05, 3.63) is 53.3 Å². The fourth-order valence-electron chi connectivity index (χ4n) is 2.95. The second kappa shape index (κ2) is 7.29. The third kappa shape index (κ3) is 3.95. The molecule has 3 rings (SSSR count). The summed E-state index contributed by atoms with van der Waals surface area (Å²) in [5, 5.41) is 9.91. The molecule has 6 nitrogen and oxygen atoms in total. The van der Waals surface area contributed by atoms with Gasteiger partial charge in [-0.3, -0.25) is 4.98 Å². The molecule has 0 radical (unpaired) electrons. The number of aliphatic hydroxyl groups is 1. The molecule has 2 aromatic rings. The molecule has 1 unspecified atom stereocenters. The SMILES string of the molecule is COc1ccc(Cl)cc1S(=O)(=O)NC(c1ccccn1)C1CC(O)C1. The molecule has 0 spiro atoms. The number of sulfonamides is 1. The van der Waals surface area contributed by atoms with Crippen molar-refractivity contribution in [1.82, 2.24) is 9.71 Å². The average Bonchev–Trinajstić information content (AvgIpc) is 2.58. The van der Waals surface area contributed by atoms with E-state index in [4.69, 9.17) is 16.3 Å². The van der Waals surface area contributed by atoms with Gasteiger partial charge in [0.05, 0.1) is 24.9 Å². The fraction of sp³-hybridized carbons (Fsp3) is 0.353. The molecule has 1 saturated carbocycles. The summed E-state index contributed by atoms with van der Waals surface area (Å²) in [6.07, 6.45) is 2.26. The number of nitrogens with one attached hydrogen (secondary N) is 1. The van der Waals surface area contributed by atoms with Gasteiger partial charge in [-0.2, -0.15) is 0 Å². The Labute approximate surface area is 151 Å². The average molecular weight is 383 g/mol. The van der Waals surface area contributed by atoms with Crippen LogP contribution < -0.4 is 9.46 Å². The minimum atomic E-state index is -3.89. The van der Waals surface area contributed by atoms with Crippen LogP contribution in [0.15, 0.2) is 47.5 Å². The van der Waals surface area contributed by atoms with Crippen LogP contribution in [0.1, 0.15) is 24.6 Å². The first kappa shape index (κ1) is 18.1. The van der Waals surface area contributed by atoms with Crippen molar-refractivity contribution in [2.75, 3.05) is 7.11 Å². The lowest BCUT2D eigenvalue weighted by Gasteiger charge is -2.37. The largest absolute Gasteiger partial charge is 0.495 e. The summed E-state index contributed by atoms with van der Waals surface area (Å²) in [4.78, 5) is 4.25. The van der Waals surface area contributed by atoms with Crippen LogP contribution in [-0.4, -0.2) is 31.7 Å². The van der Waals surface area contributed by atoms with Crippen LogP contribution in [0, 0.1) is 5.92 Å². The summed E-state index contributed by atoms with van der Waals surface area (Å²) in [7, 11) is -2.49. The first-order valence-corrected chi connectivity index (χ1v) is 9.71. The van der Waals surface area contributed by atoms with Crippen molar-refractivity contribution >= 4 is 21.6 Å². The Hall–Kier alpha value is -1.67. The molecule has 1 aromatic heterocycles. The quantitative estimate of drug-likeness (QED) is 0.801. The molecule has 0 bridgehead atoms. The van der Waals surface area contributed by atoms with Gasteiger partial charge in [0.15, 0.2) is 0 Å². The molecule has 1 aliphatic rings. The van der Waals surface area contributed by atoms with Gasteiger partial charge in [-0.1, -0.05) is 17.7 Å². The lowest BCUT2D eigenvalue weighted by Crippen LogP contribution is -2.41. The molecule has 1 atom stereocenters. The van der Waals surface area contributed by atoms with E-state index < -0.39 is 22.2 Å². The van der Waals surface area contributed by atoms with E-state index in [1.165, 1.54) is 19.2 Å². The second-order valence-electron chi connectivity index (χ2n) is 6.03. The van der Waals surface area contributed by atoms with Gasteiger partial charge in [-0.25, -0.2) is 13.1 Å². The number of aromatic nitrogens is 1. The number of rotatable bonds is 6. The van der Waals surface area contributed by atoms with E-state index in [2.05, 4.69) is 9.71 Å². The number of methoxy groups -OCH3 is 1. The van der Waals surface area contributed by atoms with Crippen molar-refractivity contribution in [1.29, 1.82) is 0 Å². The first-order chi connectivity index (χ1) is 11.9. The van der Waals surface area contributed by atoms with Crippen LogP contribution in [0.5, 0.6) is 5.75 Å². The van der Waals surface area contributed by atoms with E-state index in [9.17, 15) is 13.5 Å². The Bertz CT molecular complexity index is 839. The highest BCUT2D eigenvalue weighted by atomic mass is 35.5. The first-order valence-electron chi connectivity index (χ1n) is 7.85.